The molecule has 20 heavy (non-hydrogen) atoms. The average Bonchev–Trinajstić information content (AvgIpc) is 2.46. The van der Waals surface area contributed by atoms with Crippen LogP contribution < -0.4 is 0 Å². The number of hydrogen-bond acceptors (Lipinski definition) is 3. The van der Waals surface area contributed by atoms with Gasteiger partial charge >= 0.3 is 0 Å². The molecule has 0 aliphatic carbocycles. The molecule has 0 heterocycles. The van der Waals surface area contributed by atoms with E-state index in [9.17, 15) is 14.9 Å². The number of nitro benzene ring substituents is 1. The number of hydrogen-bond donors (Lipinski definition) is 0. The van der Waals surface area contributed by atoms with Gasteiger partial charge < -0.3 is 0 Å². The maximum Gasteiger partial charge on any atom is 0.270 e. The van der Waals surface area contributed by atoms with Crippen LogP contribution in [0, 0.1) is 17.0 Å². The van der Waals surface area contributed by atoms with Crippen LogP contribution in [0.4, 0.5) is 5.69 Å². The fraction of sp³-hybridized carbons (Fsp3) is 0.0625. The molecule has 0 aliphatic heterocycles. The Labute approximate surface area is 116 Å². The Balaban J connectivity index is 2.17. The highest BCUT2D eigenvalue weighted by Gasteiger charge is 2.09. The van der Waals surface area contributed by atoms with Gasteiger partial charge in [-0.1, -0.05) is 48.0 Å². The third kappa shape index (κ3) is 3.38. The molecule has 0 aliphatic rings. The van der Waals surface area contributed by atoms with E-state index in [2.05, 4.69) is 0 Å². The normalized spacial score (nSPS) is 10.7. The van der Waals surface area contributed by atoms with Crippen molar-refractivity contribution < 1.29 is 9.72 Å². The van der Waals surface area contributed by atoms with Crippen molar-refractivity contribution in [3.8, 4) is 0 Å². The van der Waals surface area contributed by atoms with E-state index in [-0.39, 0.29) is 11.5 Å². The summed E-state index contributed by atoms with van der Waals surface area (Å²) in [6.07, 6.45) is 3.12. The van der Waals surface area contributed by atoms with Crippen LogP contribution >= 0.6 is 0 Å². The summed E-state index contributed by atoms with van der Waals surface area (Å²) >= 11 is 0. The molecule has 0 fully saturated rings. The van der Waals surface area contributed by atoms with Crippen LogP contribution in [0.2, 0.25) is 0 Å². The van der Waals surface area contributed by atoms with Crippen molar-refractivity contribution in [2.75, 3.05) is 0 Å². The maximum atomic E-state index is 12.0. The van der Waals surface area contributed by atoms with Crippen molar-refractivity contribution >= 4 is 17.5 Å². The number of ketones is 1. The first-order valence-corrected chi connectivity index (χ1v) is 6.10. The molecule has 0 bridgehead atoms. The molecule has 0 amide bonds. The van der Waals surface area contributed by atoms with E-state index in [1.54, 1.807) is 12.1 Å². The molecule has 0 saturated carbocycles. The van der Waals surface area contributed by atoms with E-state index in [1.165, 1.54) is 24.3 Å². The molecule has 4 nitrogen and oxygen atoms in total. The van der Waals surface area contributed by atoms with Gasteiger partial charge in [0.1, 0.15) is 0 Å². The molecule has 2 rings (SSSR count). The van der Waals surface area contributed by atoms with Gasteiger partial charge in [0, 0.05) is 17.7 Å². The van der Waals surface area contributed by atoms with Gasteiger partial charge in [-0.25, -0.2) is 0 Å². The summed E-state index contributed by atoms with van der Waals surface area (Å²) in [4.78, 5) is 22.1. The summed E-state index contributed by atoms with van der Waals surface area (Å²) in [5, 5.41) is 10.7. The second-order valence-electron chi connectivity index (χ2n) is 4.42. The SMILES string of the molecule is Cc1ccc(/C=C/C(=O)c2cccc([N+](=O)[O-])c2)cc1. The molecule has 0 spiro atoms. The number of carbonyl (C=O) groups excluding carboxylic acids is 1. The first-order valence-electron chi connectivity index (χ1n) is 6.10. The van der Waals surface area contributed by atoms with Gasteiger partial charge in [-0.3, -0.25) is 14.9 Å². The molecule has 0 aromatic heterocycles. The van der Waals surface area contributed by atoms with Gasteiger partial charge in [0.25, 0.3) is 5.69 Å². The van der Waals surface area contributed by atoms with Crippen LogP contribution in [0.25, 0.3) is 6.08 Å². The summed E-state index contributed by atoms with van der Waals surface area (Å²) in [6.45, 7) is 1.99. The quantitative estimate of drug-likeness (QED) is 0.366. The number of allylic oxidation sites excluding steroid dienone is 1. The zero-order chi connectivity index (χ0) is 14.5. The average molecular weight is 267 g/mol. The summed E-state index contributed by atoms with van der Waals surface area (Å²) in [6, 6.07) is 13.4. The largest absolute Gasteiger partial charge is 0.289 e. The second kappa shape index (κ2) is 5.93. The summed E-state index contributed by atoms with van der Waals surface area (Å²) in [5.41, 5.74) is 2.28. The number of aryl methyl sites for hydroxylation is 1. The van der Waals surface area contributed by atoms with Crippen LogP contribution in [0.5, 0.6) is 0 Å². The van der Waals surface area contributed by atoms with Crippen LogP contribution in [-0.2, 0) is 0 Å². The molecule has 2 aromatic rings. The first kappa shape index (κ1) is 13.7. The van der Waals surface area contributed by atoms with E-state index in [0.717, 1.165) is 11.1 Å². The molecule has 4 heteroatoms. The Morgan fingerprint density at radius 3 is 2.50 bits per heavy atom. The third-order valence-electron chi connectivity index (χ3n) is 2.85. The lowest BCUT2D eigenvalue weighted by atomic mass is 10.1. The number of nitro groups is 1. The topological polar surface area (TPSA) is 60.2 Å². The van der Waals surface area contributed by atoms with E-state index in [0.29, 0.717) is 5.56 Å². The molecule has 0 atom stereocenters. The summed E-state index contributed by atoms with van der Waals surface area (Å²) < 4.78 is 0. The first-order chi connectivity index (χ1) is 9.56. The lowest BCUT2D eigenvalue weighted by Gasteiger charge is -1.97. The summed E-state index contributed by atoms with van der Waals surface area (Å²) in [5.74, 6) is -0.255. The number of carbonyl (C=O) groups is 1. The second-order valence-corrected chi connectivity index (χ2v) is 4.42. The van der Waals surface area contributed by atoms with E-state index < -0.39 is 4.92 Å². The molecule has 0 N–H and O–H groups in total. The van der Waals surface area contributed by atoms with Gasteiger partial charge in [0.2, 0.25) is 0 Å². The highest BCUT2D eigenvalue weighted by Crippen LogP contribution is 2.14. The predicted octanol–water partition coefficient (Wildman–Crippen LogP) is 3.80. The number of nitrogens with zero attached hydrogens (tertiary/aromatic N) is 1. The molecule has 0 radical (unpaired) electrons. The standard InChI is InChI=1S/C16H13NO3/c1-12-5-7-13(8-6-12)9-10-16(18)14-3-2-4-15(11-14)17(19)20/h2-11H,1H3/b10-9+. The highest BCUT2D eigenvalue weighted by atomic mass is 16.6. The number of non-ortho nitro benzene ring substituents is 1. The Morgan fingerprint density at radius 2 is 1.85 bits per heavy atom. The molecule has 100 valence electrons. The van der Waals surface area contributed by atoms with Crippen molar-refractivity contribution in [1.82, 2.24) is 0 Å². The molecular formula is C16H13NO3. The summed E-state index contributed by atoms with van der Waals surface area (Å²) in [7, 11) is 0. The van der Waals surface area contributed by atoms with E-state index in [4.69, 9.17) is 0 Å². The number of rotatable bonds is 4. The third-order valence-corrected chi connectivity index (χ3v) is 2.85. The van der Waals surface area contributed by atoms with Crippen molar-refractivity contribution in [1.29, 1.82) is 0 Å². The van der Waals surface area contributed by atoms with Gasteiger partial charge in [-0.05, 0) is 18.6 Å². The van der Waals surface area contributed by atoms with Gasteiger partial charge in [-0.15, -0.1) is 0 Å². The van der Waals surface area contributed by atoms with Crippen LogP contribution in [-0.4, -0.2) is 10.7 Å². The molecule has 2 aromatic carbocycles. The van der Waals surface area contributed by atoms with Crippen molar-refractivity contribution in [2.24, 2.45) is 0 Å². The van der Waals surface area contributed by atoms with E-state index in [1.807, 2.05) is 31.2 Å². The molecule has 0 unspecified atom stereocenters. The smallest absolute Gasteiger partial charge is 0.270 e. The Hall–Kier alpha value is -2.75. The predicted molar refractivity (Wildman–Crippen MR) is 77.6 cm³/mol. The van der Waals surface area contributed by atoms with Crippen LogP contribution in [0.15, 0.2) is 54.6 Å². The lowest BCUT2D eigenvalue weighted by molar-refractivity contribution is -0.384. The lowest BCUT2D eigenvalue weighted by Crippen LogP contribution is -1.96. The van der Waals surface area contributed by atoms with Crippen molar-refractivity contribution in [2.45, 2.75) is 6.92 Å². The van der Waals surface area contributed by atoms with Gasteiger partial charge in [0.05, 0.1) is 4.92 Å². The minimum atomic E-state index is -0.513. The molecule has 0 saturated heterocycles. The van der Waals surface area contributed by atoms with Gasteiger partial charge in [0.15, 0.2) is 5.78 Å². The van der Waals surface area contributed by atoms with Crippen LogP contribution in [0.3, 0.4) is 0 Å². The van der Waals surface area contributed by atoms with Crippen LogP contribution in [0.1, 0.15) is 21.5 Å². The van der Waals surface area contributed by atoms with Gasteiger partial charge in [-0.2, -0.15) is 0 Å². The Morgan fingerprint density at radius 1 is 1.15 bits per heavy atom. The molecular weight excluding hydrogens is 254 g/mol. The Bertz CT molecular complexity index is 672. The minimum absolute atomic E-state index is 0.0837. The van der Waals surface area contributed by atoms with Crippen molar-refractivity contribution in [3.05, 3.63) is 81.4 Å². The zero-order valence-corrected chi connectivity index (χ0v) is 10.9. The maximum absolute atomic E-state index is 12.0. The monoisotopic (exact) mass is 267 g/mol. The van der Waals surface area contributed by atoms with E-state index >= 15 is 0 Å². The zero-order valence-electron chi connectivity index (χ0n) is 10.9. The Kier molecular flexibility index (Phi) is 4.05. The fourth-order valence-corrected chi connectivity index (χ4v) is 1.72. The number of benzene rings is 2. The highest BCUT2D eigenvalue weighted by molar-refractivity contribution is 6.07. The van der Waals surface area contributed by atoms with Crippen molar-refractivity contribution in [3.63, 3.8) is 0 Å². The minimum Gasteiger partial charge on any atom is -0.289 e. The fourth-order valence-electron chi connectivity index (χ4n) is 1.72.